The number of aromatic nitrogens is 2. The molecule has 3 N–H and O–H groups in total. The fourth-order valence-corrected chi connectivity index (χ4v) is 5.36. The van der Waals surface area contributed by atoms with Crippen LogP contribution in [-0.2, 0) is 0 Å². The number of benzene rings is 2. The van der Waals surface area contributed by atoms with Crippen LogP contribution in [0.4, 0.5) is 27.3 Å². The molecule has 0 bridgehead atoms. The van der Waals surface area contributed by atoms with E-state index in [4.69, 9.17) is 11.6 Å². The van der Waals surface area contributed by atoms with E-state index in [-0.39, 0.29) is 17.8 Å². The Bertz CT molecular complexity index is 1340. The van der Waals surface area contributed by atoms with E-state index >= 15 is 4.39 Å². The highest BCUT2D eigenvalue weighted by molar-refractivity contribution is 6.32. The molecule has 0 atom stereocenters. The molecule has 2 aliphatic rings. The van der Waals surface area contributed by atoms with Gasteiger partial charge in [0.15, 0.2) is 11.0 Å². The predicted molar refractivity (Wildman–Crippen MR) is 157 cm³/mol. The second-order valence-electron chi connectivity index (χ2n) is 10.3. The number of hydrogen-bond acceptors (Lipinski definition) is 8. The average Bonchev–Trinajstić information content (AvgIpc) is 2.96. The fourth-order valence-electron chi connectivity index (χ4n) is 5.16. The molecule has 3 heterocycles. The molecule has 0 radical (unpaired) electrons. The summed E-state index contributed by atoms with van der Waals surface area (Å²) in [5.74, 6) is 0.0712. The van der Waals surface area contributed by atoms with Crippen LogP contribution in [0.25, 0.3) is 11.1 Å². The van der Waals surface area contributed by atoms with E-state index in [0.29, 0.717) is 71.5 Å². The van der Waals surface area contributed by atoms with Gasteiger partial charge in [-0.3, -0.25) is 4.79 Å². The SMILES string of the molecule is CCNc1c(Cl)ncnc1Nc1cc(-c2ccc(C(=O)N3CCC(O)CC3)cc2)c(F)cc1N1CCN(C)CC1. The molecule has 2 saturated heterocycles. The van der Waals surface area contributed by atoms with Crippen molar-refractivity contribution in [3.05, 3.63) is 59.3 Å². The number of carbonyl (C=O) groups excluding carboxylic acids is 1. The molecular formula is C29H35ClFN7O2. The number of aliphatic hydroxyl groups excluding tert-OH is 1. The zero-order chi connectivity index (χ0) is 28.2. The molecule has 0 aliphatic carbocycles. The molecule has 1 amide bonds. The summed E-state index contributed by atoms with van der Waals surface area (Å²) in [6, 6.07) is 10.4. The van der Waals surface area contributed by atoms with Crippen LogP contribution in [0.5, 0.6) is 0 Å². The lowest BCUT2D eigenvalue weighted by molar-refractivity contribution is 0.0546. The molecule has 212 valence electrons. The predicted octanol–water partition coefficient (Wildman–Crippen LogP) is 4.46. The average molecular weight is 568 g/mol. The van der Waals surface area contributed by atoms with Crippen molar-refractivity contribution in [1.82, 2.24) is 19.8 Å². The number of hydrogen-bond donors (Lipinski definition) is 3. The summed E-state index contributed by atoms with van der Waals surface area (Å²) in [5.41, 5.74) is 3.62. The number of piperazine rings is 1. The summed E-state index contributed by atoms with van der Waals surface area (Å²) in [6.07, 6.45) is 2.21. The monoisotopic (exact) mass is 567 g/mol. The van der Waals surface area contributed by atoms with E-state index in [1.807, 2.05) is 6.92 Å². The van der Waals surface area contributed by atoms with Crippen LogP contribution in [-0.4, -0.2) is 89.7 Å². The highest BCUT2D eigenvalue weighted by Gasteiger charge is 2.24. The van der Waals surface area contributed by atoms with Gasteiger partial charge in [-0.15, -0.1) is 0 Å². The Morgan fingerprint density at radius 3 is 2.45 bits per heavy atom. The van der Waals surface area contributed by atoms with Crippen LogP contribution in [0.15, 0.2) is 42.7 Å². The molecule has 40 heavy (non-hydrogen) atoms. The number of amides is 1. The smallest absolute Gasteiger partial charge is 0.253 e. The Kier molecular flexibility index (Phi) is 8.68. The number of likely N-dealkylation sites (N-methyl/N-ethyl adjacent to an activating group) is 1. The van der Waals surface area contributed by atoms with Crippen LogP contribution < -0.4 is 15.5 Å². The topological polar surface area (TPSA) is 96.9 Å². The summed E-state index contributed by atoms with van der Waals surface area (Å²) in [5, 5.41) is 16.6. The molecule has 11 heteroatoms. The first-order valence-electron chi connectivity index (χ1n) is 13.7. The summed E-state index contributed by atoms with van der Waals surface area (Å²) in [4.78, 5) is 27.6. The van der Waals surface area contributed by atoms with Crippen molar-refractivity contribution in [2.45, 2.75) is 25.9 Å². The Morgan fingerprint density at radius 2 is 1.77 bits per heavy atom. The van der Waals surface area contributed by atoms with Gasteiger partial charge in [-0.1, -0.05) is 23.7 Å². The molecule has 2 fully saturated rings. The molecule has 0 unspecified atom stereocenters. The number of piperidine rings is 1. The maximum atomic E-state index is 15.7. The molecule has 9 nitrogen and oxygen atoms in total. The Balaban J connectivity index is 1.48. The van der Waals surface area contributed by atoms with Crippen molar-refractivity contribution < 1.29 is 14.3 Å². The van der Waals surface area contributed by atoms with Gasteiger partial charge in [0.05, 0.1) is 17.5 Å². The lowest BCUT2D eigenvalue weighted by Gasteiger charge is -2.35. The Labute approximate surface area is 239 Å². The van der Waals surface area contributed by atoms with E-state index in [1.165, 1.54) is 6.33 Å². The van der Waals surface area contributed by atoms with Gasteiger partial charge in [-0.05, 0) is 56.6 Å². The molecule has 2 aromatic carbocycles. The van der Waals surface area contributed by atoms with Gasteiger partial charge in [-0.2, -0.15) is 0 Å². The van der Waals surface area contributed by atoms with Crippen molar-refractivity contribution in [3.8, 4) is 11.1 Å². The van der Waals surface area contributed by atoms with Crippen molar-refractivity contribution in [1.29, 1.82) is 0 Å². The highest BCUT2D eigenvalue weighted by Crippen LogP contribution is 2.38. The summed E-state index contributed by atoms with van der Waals surface area (Å²) in [6.45, 7) is 6.92. The number of aliphatic hydroxyl groups is 1. The minimum atomic E-state index is -0.351. The quantitative estimate of drug-likeness (QED) is 0.360. The second-order valence-corrected chi connectivity index (χ2v) is 10.6. The summed E-state index contributed by atoms with van der Waals surface area (Å²) >= 11 is 6.36. The largest absolute Gasteiger partial charge is 0.393 e. The second kappa shape index (κ2) is 12.4. The van der Waals surface area contributed by atoms with Crippen LogP contribution in [0.1, 0.15) is 30.1 Å². The van der Waals surface area contributed by atoms with Crippen LogP contribution in [0.2, 0.25) is 5.15 Å². The maximum Gasteiger partial charge on any atom is 0.253 e. The maximum absolute atomic E-state index is 15.7. The number of carbonyl (C=O) groups is 1. The first kappa shape index (κ1) is 28.1. The van der Waals surface area contributed by atoms with Gasteiger partial charge < -0.3 is 30.4 Å². The highest BCUT2D eigenvalue weighted by atomic mass is 35.5. The number of nitrogens with zero attached hydrogens (tertiary/aromatic N) is 5. The molecule has 1 aromatic heterocycles. The Hall–Kier alpha value is -3.47. The van der Waals surface area contributed by atoms with Crippen LogP contribution >= 0.6 is 11.6 Å². The van der Waals surface area contributed by atoms with Crippen molar-refractivity contribution >= 4 is 40.4 Å². The van der Waals surface area contributed by atoms with Gasteiger partial charge >= 0.3 is 0 Å². The molecule has 0 spiro atoms. The van der Waals surface area contributed by atoms with E-state index in [9.17, 15) is 9.90 Å². The van der Waals surface area contributed by atoms with Gasteiger partial charge in [-0.25, -0.2) is 14.4 Å². The zero-order valence-electron chi connectivity index (χ0n) is 22.8. The molecule has 0 saturated carbocycles. The third-order valence-corrected chi connectivity index (χ3v) is 7.82. The number of rotatable bonds is 7. The van der Waals surface area contributed by atoms with Crippen molar-refractivity contribution in [2.24, 2.45) is 0 Å². The lowest BCUT2D eigenvalue weighted by Crippen LogP contribution is -2.44. The summed E-state index contributed by atoms with van der Waals surface area (Å²) in [7, 11) is 2.08. The van der Waals surface area contributed by atoms with Gasteiger partial charge in [0.25, 0.3) is 5.91 Å². The minimum Gasteiger partial charge on any atom is -0.393 e. The summed E-state index contributed by atoms with van der Waals surface area (Å²) < 4.78 is 15.7. The first-order valence-corrected chi connectivity index (χ1v) is 14.1. The van der Waals surface area contributed by atoms with Crippen LogP contribution in [0, 0.1) is 5.82 Å². The third kappa shape index (κ3) is 6.14. The number of anilines is 4. The minimum absolute atomic E-state index is 0.0803. The third-order valence-electron chi connectivity index (χ3n) is 7.53. The number of likely N-dealkylation sites (tertiary alicyclic amines) is 1. The van der Waals surface area contributed by atoms with Gasteiger partial charge in [0, 0.05) is 56.9 Å². The fraction of sp³-hybridized carbons (Fsp3) is 0.414. The molecule has 2 aliphatic heterocycles. The standard InChI is InChI=1S/C29H35ClFN7O2/c1-3-32-26-27(30)33-18-34-28(26)35-24-16-22(23(31)17-25(24)37-14-12-36(2)13-15-37)19-4-6-20(7-5-19)29(40)38-10-8-21(39)9-11-38/h4-7,16-18,21,32,39H,3,8-15H2,1-2H3,(H,33,34,35). The number of halogens is 2. The molecule has 3 aromatic rings. The lowest BCUT2D eigenvalue weighted by atomic mass is 10.0. The first-order chi connectivity index (χ1) is 19.3. The van der Waals surface area contributed by atoms with E-state index in [0.717, 1.165) is 31.9 Å². The van der Waals surface area contributed by atoms with E-state index in [1.54, 1.807) is 41.3 Å². The van der Waals surface area contributed by atoms with Gasteiger partial charge in [0.2, 0.25) is 0 Å². The molecular weight excluding hydrogens is 533 g/mol. The zero-order valence-corrected chi connectivity index (χ0v) is 23.6. The Morgan fingerprint density at radius 1 is 1.07 bits per heavy atom. The van der Waals surface area contributed by atoms with E-state index in [2.05, 4.69) is 37.4 Å². The van der Waals surface area contributed by atoms with Crippen molar-refractivity contribution in [2.75, 3.05) is 68.4 Å². The number of nitrogens with one attached hydrogen (secondary N) is 2. The van der Waals surface area contributed by atoms with Gasteiger partial charge in [0.1, 0.15) is 17.8 Å². The normalized spacial score (nSPS) is 16.7. The van der Waals surface area contributed by atoms with E-state index < -0.39 is 0 Å². The van der Waals surface area contributed by atoms with Crippen molar-refractivity contribution in [3.63, 3.8) is 0 Å². The van der Waals surface area contributed by atoms with Crippen LogP contribution in [0.3, 0.4) is 0 Å². The molecule has 5 rings (SSSR count).